The first-order valence-corrected chi connectivity index (χ1v) is 18.3. The molecule has 3 amide bonds. The van der Waals surface area contributed by atoms with Gasteiger partial charge in [0.25, 0.3) is 0 Å². The molecule has 2 aliphatic carbocycles. The maximum atomic E-state index is 14.5. The van der Waals surface area contributed by atoms with E-state index in [2.05, 4.69) is 51.9 Å². The van der Waals surface area contributed by atoms with Crippen molar-refractivity contribution in [3.05, 3.63) is 76.6 Å². The number of nitrogens with zero attached hydrogens (tertiary/aromatic N) is 5. The molecule has 1 aliphatic heterocycles. The van der Waals surface area contributed by atoms with Gasteiger partial charge in [0.2, 0.25) is 17.7 Å². The van der Waals surface area contributed by atoms with Crippen molar-refractivity contribution in [2.45, 2.75) is 59.2 Å². The van der Waals surface area contributed by atoms with Crippen LogP contribution in [0.25, 0.3) is 22.0 Å². The summed E-state index contributed by atoms with van der Waals surface area (Å²) in [5.41, 5.74) is 2.59. The van der Waals surface area contributed by atoms with Gasteiger partial charge < -0.3 is 20.7 Å². The summed E-state index contributed by atoms with van der Waals surface area (Å²) in [6, 6.07) is 8.32. The molecule has 274 valence electrons. The van der Waals surface area contributed by atoms with Gasteiger partial charge in [0.05, 0.1) is 18.7 Å². The summed E-state index contributed by atoms with van der Waals surface area (Å²) in [5, 5.41) is 13.9. The van der Waals surface area contributed by atoms with E-state index in [4.69, 9.17) is 4.74 Å². The zero-order chi connectivity index (χ0) is 37.4. The van der Waals surface area contributed by atoms with E-state index >= 15 is 0 Å². The van der Waals surface area contributed by atoms with Gasteiger partial charge >= 0.3 is 0 Å². The molecular weight excluding hydrogens is 744 g/mol. The molecule has 1 aromatic carbocycles. The molecule has 7 rings (SSSR count). The van der Waals surface area contributed by atoms with E-state index in [1.807, 2.05) is 24.3 Å². The van der Waals surface area contributed by atoms with Crippen LogP contribution in [0.15, 0.2) is 59.5 Å². The molecule has 5 atom stereocenters. The van der Waals surface area contributed by atoms with Crippen molar-refractivity contribution in [3.63, 3.8) is 0 Å². The molecule has 1 unspecified atom stereocenters. The minimum Gasteiger partial charge on any atom is -0.373 e. The standard InChI is InChI=1S/C38H39BrN8O6/c1-20(48)34-26-12-23(25-15-40-21(2)41-16-25)7-9-30(26)47(46-34)17-31(50)33-27-13-38(14-28(33)38)19-42-37(52)29(43-22(3)49)6-4-5-11-53-18-24-8-10-32(39)44-35(24)45-36(27)51/h4-5,7-10,12,15-16,27-29,33H,6,11,13-14,17-19H2,1-3H3,(H,42,52)(H,43,49)(H,44,45,51)/t27-,28+,29+,33?,38+/m1/s1. The molecule has 3 aromatic heterocycles. The lowest BCUT2D eigenvalue weighted by Gasteiger charge is -2.22. The summed E-state index contributed by atoms with van der Waals surface area (Å²) in [4.78, 5) is 79.8. The fraction of sp³-hybridized carbons (Fsp3) is 0.395. The number of aryl methyl sites for hydroxylation is 1. The lowest BCUT2D eigenvalue weighted by atomic mass is 9.86. The molecule has 2 saturated carbocycles. The van der Waals surface area contributed by atoms with Crippen LogP contribution in [0.2, 0.25) is 0 Å². The average molecular weight is 784 g/mol. The molecule has 0 radical (unpaired) electrons. The molecular formula is C38H39BrN8O6. The Morgan fingerprint density at radius 2 is 1.83 bits per heavy atom. The number of anilines is 1. The van der Waals surface area contributed by atoms with E-state index in [0.29, 0.717) is 45.6 Å². The second kappa shape index (κ2) is 14.7. The molecule has 0 saturated heterocycles. The molecule has 3 aliphatic rings. The number of carbonyl (C=O) groups excluding carboxylic acids is 5. The van der Waals surface area contributed by atoms with Crippen LogP contribution in [-0.2, 0) is 37.1 Å². The van der Waals surface area contributed by atoms with Crippen molar-refractivity contribution in [3.8, 4) is 11.1 Å². The number of ether oxygens (including phenoxy) is 1. The summed E-state index contributed by atoms with van der Waals surface area (Å²) in [6.07, 6.45) is 8.27. The zero-order valence-electron chi connectivity index (χ0n) is 29.5. The zero-order valence-corrected chi connectivity index (χ0v) is 31.1. The Kier molecular flexibility index (Phi) is 10.0. The molecule has 3 N–H and O–H groups in total. The van der Waals surface area contributed by atoms with Gasteiger partial charge in [0, 0.05) is 61.1 Å². The number of carbonyl (C=O) groups is 5. The van der Waals surface area contributed by atoms with Gasteiger partial charge in [0.1, 0.15) is 34.5 Å². The highest BCUT2D eigenvalue weighted by Gasteiger charge is 2.68. The Hall–Kier alpha value is -5.15. The smallest absolute Gasteiger partial charge is 0.242 e. The van der Waals surface area contributed by atoms with Crippen molar-refractivity contribution in [2.75, 3.05) is 18.5 Å². The monoisotopic (exact) mass is 782 g/mol. The number of hydrogen-bond acceptors (Lipinski definition) is 10. The number of Topliss-reactive ketones (excluding diaryl/α,β-unsaturated/α-hetero) is 2. The van der Waals surface area contributed by atoms with E-state index in [9.17, 15) is 24.0 Å². The quantitative estimate of drug-likeness (QED) is 0.146. The SMILES string of the molecule is CC(=O)N[C@H]1CC=CCOCc2ccc(Br)nc2NC(=O)[C@@H]2C[C@@]3(CNC1=O)C[C@H]3C2C(=O)Cn1nc(C(C)=O)c2cc(-c3cnc(C)nc3)ccc21. The number of halogens is 1. The van der Waals surface area contributed by atoms with Crippen molar-refractivity contribution >= 4 is 61.9 Å². The highest BCUT2D eigenvalue weighted by Crippen LogP contribution is 2.68. The summed E-state index contributed by atoms with van der Waals surface area (Å²) >= 11 is 3.40. The number of amides is 3. The Labute approximate surface area is 313 Å². The van der Waals surface area contributed by atoms with Crippen LogP contribution in [-0.4, -0.2) is 73.2 Å². The third-order valence-electron chi connectivity index (χ3n) is 10.5. The lowest BCUT2D eigenvalue weighted by molar-refractivity contribution is -0.131. The van der Waals surface area contributed by atoms with Crippen molar-refractivity contribution in [2.24, 2.45) is 23.2 Å². The van der Waals surface area contributed by atoms with E-state index < -0.39 is 23.3 Å². The number of benzene rings is 1. The first-order chi connectivity index (χ1) is 25.4. The molecule has 2 bridgehead atoms. The number of nitrogens with one attached hydrogen (secondary N) is 3. The van der Waals surface area contributed by atoms with E-state index in [1.54, 1.807) is 37.5 Å². The molecule has 4 heterocycles. The average Bonchev–Trinajstić information content (AvgIpc) is 3.54. The Bertz CT molecular complexity index is 2170. The fourth-order valence-electron chi connectivity index (χ4n) is 7.78. The Morgan fingerprint density at radius 1 is 1.04 bits per heavy atom. The maximum Gasteiger partial charge on any atom is 0.242 e. The van der Waals surface area contributed by atoms with Crippen LogP contribution >= 0.6 is 15.9 Å². The Morgan fingerprint density at radius 3 is 2.58 bits per heavy atom. The van der Waals surface area contributed by atoms with Gasteiger partial charge in [-0.2, -0.15) is 5.10 Å². The first kappa shape index (κ1) is 36.2. The summed E-state index contributed by atoms with van der Waals surface area (Å²) in [7, 11) is 0. The molecule has 14 nitrogen and oxygen atoms in total. The summed E-state index contributed by atoms with van der Waals surface area (Å²) in [6.45, 7) is 5.07. The normalized spacial score (nSPS) is 24.4. The molecule has 53 heavy (non-hydrogen) atoms. The van der Waals surface area contributed by atoms with Gasteiger partial charge in [-0.3, -0.25) is 28.7 Å². The lowest BCUT2D eigenvalue weighted by Crippen LogP contribution is -2.47. The van der Waals surface area contributed by atoms with Gasteiger partial charge in [0.15, 0.2) is 11.6 Å². The van der Waals surface area contributed by atoms with Crippen LogP contribution < -0.4 is 16.0 Å². The molecule has 4 aromatic rings. The highest BCUT2D eigenvalue weighted by atomic mass is 79.9. The van der Waals surface area contributed by atoms with Gasteiger partial charge in [-0.05, 0) is 77.2 Å². The van der Waals surface area contributed by atoms with E-state index in [0.717, 1.165) is 11.1 Å². The maximum absolute atomic E-state index is 14.5. The van der Waals surface area contributed by atoms with Gasteiger partial charge in [-0.15, -0.1) is 0 Å². The van der Waals surface area contributed by atoms with E-state index in [-0.39, 0.29) is 73.6 Å². The van der Waals surface area contributed by atoms with Crippen molar-refractivity contribution < 1.29 is 28.7 Å². The van der Waals surface area contributed by atoms with Crippen molar-refractivity contribution in [1.82, 2.24) is 35.4 Å². The number of rotatable bonds is 6. The number of hydrogen-bond donors (Lipinski definition) is 3. The second-order valence-corrected chi connectivity index (χ2v) is 14.9. The Balaban J connectivity index is 1.20. The fourth-order valence-corrected chi connectivity index (χ4v) is 8.09. The summed E-state index contributed by atoms with van der Waals surface area (Å²) in [5.74, 6) is -2.09. The predicted molar refractivity (Wildman–Crippen MR) is 197 cm³/mol. The number of ketones is 2. The van der Waals surface area contributed by atoms with Gasteiger partial charge in [-0.1, -0.05) is 24.3 Å². The third-order valence-corrected chi connectivity index (χ3v) is 10.9. The van der Waals surface area contributed by atoms with E-state index in [1.165, 1.54) is 18.5 Å². The van der Waals surface area contributed by atoms with Crippen LogP contribution in [0, 0.1) is 30.1 Å². The second-order valence-electron chi connectivity index (χ2n) is 14.1. The van der Waals surface area contributed by atoms with Crippen molar-refractivity contribution in [1.29, 1.82) is 0 Å². The number of aromatic nitrogens is 5. The van der Waals surface area contributed by atoms with Crippen LogP contribution in [0.3, 0.4) is 0 Å². The molecule has 2 fully saturated rings. The topological polar surface area (TPSA) is 187 Å². The number of pyridine rings is 1. The molecule has 15 heteroatoms. The minimum absolute atomic E-state index is 0.152. The highest BCUT2D eigenvalue weighted by molar-refractivity contribution is 9.10. The van der Waals surface area contributed by atoms with Gasteiger partial charge in [-0.25, -0.2) is 15.0 Å². The first-order valence-electron chi connectivity index (χ1n) is 17.5. The van der Waals surface area contributed by atoms with Crippen LogP contribution in [0.1, 0.15) is 55.0 Å². The predicted octanol–water partition coefficient (Wildman–Crippen LogP) is 4.11. The minimum atomic E-state index is -0.796. The largest absolute Gasteiger partial charge is 0.373 e. The van der Waals surface area contributed by atoms with Crippen LogP contribution in [0.5, 0.6) is 0 Å². The third kappa shape index (κ3) is 7.53. The summed E-state index contributed by atoms with van der Waals surface area (Å²) < 4.78 is 7.90. The number of fused-ring (bicyclic) bond motifs is 3. The van der Waals surface area contributed by atoms with Crippen LogP contribution in [0.4, 0.5) is 5.82 Å². The molecule has 1 spiro atoms.